The minimum Gasteiger partial charge on any atom is -0.481 e. The quantitative estimate of drug-likeness (QED) is 0.727. The summed E-state index contributed by atoms with van der Waals surface area (Å²) in [5.41, 5.74) is 0. The van der Waals surface area contributed by atoms with Crippen molar-refractivity contribution >= 4 is 5.97 Å². The van der Waals surface area contributed by atoms with Crippen LogP contribution in [0.2, 0.25) is 0 Å². The van der Waals surface area contributed by atoms with Crippen molar-refractivity contribution in [1.29, 1.82) is 0 Å². The molecule has 2 nitrogen and oxygen atoms in total. The van der Waals surface area contributed by atoms with Crippen molar-refractivity contribution in [2.75, 3.05) is 0 Å². The van der Waals surface area contributed by atoms with Crippen molar-refractivity contribution in [3.8, 4) is 0 Å². The number of rotatable bonds is 5. The van der Waals surface area contributed by atoms with Crippen molar-refractivity contribution in [1.82, 2.24) is 0 Å². The van der Waals surface area contributed by atoms with Gasteiger partial charge in [0, 0.05) is 6.42 Å². The molecule has 0 aromatic carbocycles. The molecule has 2 aliphatic carbocycles. The van der Waals surface area contributed by atoms with E-state index in [0.29, 0.717) is 6.42 Å². The first-order valence-electron chi connectivity index (χ1n) is 7.49. The summed E-state index contributed by atoms with van der Waals surface area (Å²) in [6.07, 6.45) is 13.8. The fourth-order valence-corrected chi connectivity index (χ4v) is 4.11. The van der Waals surface area contributed by atoms with Crippen LogP contribution in [0, 0.1) is 17.8 Å². The highest BCUT2D eigenvalue weighted by molar-refractivity contribution is 5.66. The third-order valence-corrected chi connectivity index (χ3v) is 4.94. The minimum atomic E-state index is -0.635. The van der Waals surface area contributed by atoms with Crippen LogP contribution in [-0.4, -0.2) is 11.1 Å². The summed E-state index contributed by atoms with van der Waals surface area (Å²) in [4.78, 5) is 10.5. The Hall–Kier alpha value is -0.530. The van der Waals surface area contributed by atoms with Crippen molar-refractivity contribution < 1.29 is 9.90 Å². The molecule has 0 amide bonds. The Labute approximate surface area is 105 Å². The van der Waals surface area contributed by atoms with Crippen LogP contribution < -0.4 is 0 Å². The minimum absolute atomic E-state index is 0.362. The number of carbonyl (C=O) groups is 1. The number of hydrogen-bond donors (Lipinski definition) is 1. The third kappa shape index (κ3) is 3.72. The van der Waals surface area contributed by atoms with E-state index in [1.54, 1.807) is 0 Å². The molecule has 2 aliphatic rings. The van der Waals surface area contributed by atoms with E-state index in [-0.39, 0.29) is 0 Å². The van der Waals surface area contributed by atoms with Crippen LogP contribution in [0.4, 0.5) is 0 Å². The predicted molar refractivity (Wildman–Crippen MR) is 68.9 cm³/mol. The maximum atomic E-state index is 10.5. The summed E-state index contributed by atoms with van der Waals surface area (Å²) < 4.78 is 0. The SMILES string of the molecule is O=C(O)CCCC[C@@H]1CCC[C@@H]2CCCC[C@@H]12. The van der Waals surface area contributed by atoms with Gasteiger partial charge in [-0.25, -0.2) is 0 Å². The van der Waals surface area contributed by atoms with Gasteiger partial charge < -0.3 is 5.11 Å². The second kappa shape index (κ2) is 6.42. The highest BCUT2D eigenvalue weighted by Gasteiger charge is 2.34. The van der Waals surface area contributed by atoms with Crippen molar-refractivity contribution in [2.24, 2.45) is 17.8 Å². The summed E-state index contributed by atoms with van der Waals surface area (Å²) in [6.45, 7) is 0. The van der Waals surface area contributed by atoms with Crippen molar-refractivity contribution in [3.05, 3.63) is 0 Å². The molecule has 2 saturated carbocycles. The zero-order valence-electron chi connectivity index (χ0n) is 10.9. The van der Waals surface area contributed by atoms with Gasteiger partial charge in [-0.1, -0.05) is 51.4 Å². The monoisotopic (exact) mass is 238 g/mol. The van der Waals surface area contributed by atoms with E-state index in [4.69, 9.17) is 5.11 Å². The average molecular weight is 238 g/mol. The lowest BCUT2D eigenvalue weighted by atomic mass is 9.64. The van der Waals surface area contributed by atoms with Gasteiger partial charge >= 0.3 is 5.97 Å². The van der Waals surface area contributed by atoms with Gasteiger partial charge in [0.1, 0.15) is 0 Å². The number of carboxylic acids is 1. The van der Waals surface area contributed by atoms with E-state index in [1.165, 1.54) is 51.4 Å². The molecule has 17 heavy (non-hydrogen) atoms. The van der Waals surface area contributed by atoms with Crippen LogP contribution in [-0.2, 0) is 4.79 Å². The lowest BCUT2D eigenvalue weighted by molar-refractivity contribution is -0.137. The zero-order valence-corrected chi connectivity index (χ0v) is 10.9. The van der Waals surface area contributed by atoms with Gasteiger partial charge in [0.05, 0.1) is 0 Å². The molecule has 0 aromatic heterocycles. The summed E-state index contributed by atoms with van der Waals surface area (Å²) in [6, 6.07) is 0. The smallest absolute Gasteiger partial charge is 0.303 e. The van der Waals surface area contributed by atoms with Crippen LogP contribution in [0.3, 0.4) is 0 Å². The third-order valence-electron chi connectivity index (χ3n) is 4.94. The molecule has 0 heterocycles. The molecule has 1 N–H and O–H groups in total. The Morgan fingerprint density at radius 2 is 1.76 bits per heavy atom. The molecule has 2 heteroatoms. The molecule has 0 unspecified atom stereocenters. The second-order valence-corrected chi connectivity index (χ2v) is 6.04. The highest BCUT2D eigenvalue weighted by Crippen LogP contribution is 2.45. The fraction of sp³-hybridized carbons (Fsp3) is 0.933. The first-order valence-corrected chi connectivity index (χ1v) is 7.49. The van der Waals surface area contributed by atoms with E-state index in [1.807, 2.05) is 0 Å². The van der Waals surface area contributed by atoms with Crippen LogP contribution in [0.1, 0.15) is 70.6 Å². The Kier molecular flexibility index (Phi) is 4.87. The summed E-state index contributed by atoms with van der Waals surface area (Å²) in [5, 5.41) is 8.64. The molecular weight excluding hydrogens is 212 g/mol. The van der Waals surface area contributed by atoms with Gasteiger partial charge in [0.15, 0.2) is 0 Å². The number of unbranched alkanes of at least 4 members (excludes halogenated alkanes) is 1. The van der Waals surface area contributed by atoms with Gasteiger partial charge in [-0.3, -0.25) is 4.79 Å². The topological polar surface area (TPSA) is 37.3 Å². The van der Waals surface area contributed by atoms with E-state index in [0.717, 1.165) is 30.6 Å². The second-order valence-electron chi connectivity index (χ2n) is 6.04. The lowest BCUT2D eigenvalue weighted by Gasteiger charge is -2.41. The molecule has 0 aromatic rings. The molecule has 0 radical (unpaired) electrons. The molecule has 0 spiro atoms. The normalized spacial score (nSPS) is 33.1. The number of hydrogen-bond acceptors (Lipinski definition) is 1. The van der Waals surface area contributed by atoms with Crippen LogP contribution in [0.25, 0.3) is 0 Å². The molecule has 2 fully saturated rings. The largest absolute Gasteiger partial charge is 0.481 e. The van der Waals surface area contributed by atoms with E-state index >= 15 is 0 Å². The number of aliphatic carboxylic acids is 1. The first kappa shape index (κ1) is 12.9. The van der Waals surface area contributed by atoms with Gasteiger partial charge in [0.25, 0.3) is 0 Å². The summed E-state index contributed by atoms with van der Waals surface area (Å²) >= 11 is 0. The molecule has 2 rings (SSSR count). The fourth-order valence-electron chi connectivity index (χ4n) is 4.11. The van der Waals surface area contributed by atoms with Crippen LogP contribution in [0.15, 0.2) is 0 Å². The molecule has 0 aliphatic heterocycles. The average Bonchev–Trinajstić information content (AvgIpc) is 2.34. The van der Waals surface area contributed by atoms with Crippen molar-refractivity contribution in [2.45, 2.75) is 70.6 Å². The Bertz CT molecular complexity index is 247. The summed E-state index contributed by atoms with van der Waals surface area (Å²) in [7, 11) is 0. The molecule has 0 saturated heterocycles. The van der Waals surface area contributed by atoms with E-state index in [9.17, 15) is 4.79 Å². The van der Waals surface area contributed by atoms with Gasteiger partial charge in [-0.05, 0) is 30.6 Å². The molecule has 98 valence electrons. The van der Waals surface area contributed by atoms with Gasteiger partial charge in [0.2, 0.25) is 0 Å². The Morgan fingerprint density at radius 3 is 2.59 bits per heavy atom. The highest BCUT2D eigenvalue weighted by atomic mass is 16.4. The van der Waals surface area contributed by atoms with Crippen molar-refractivity contribution in [3.63, 3.8) is 0 Å². The lowest BCUT2D eigenvalue weighted by Crippen LogP contribution is -2.30. The van der Waals surface area contributed by atoms with E-state index < -0.39 is 5.97 Å². The summed E-state index contributed by atoms with van der Waals surface area (Å²) in [5.74, 6) is 2.29. The van der Waals surface area contributed by atoms with Crippen LogP contribution >= 0.6 is 0 Å². The number of carboxylic acid groups (broad SMARTS) is 1. The van der Waals surface area contributed by atoms with E-state index in [2.05, 4.69) is 0 Å². The standard InChI is InChI=1S/C15H26O2/c16-15(17)11-4-2-7-13-9-5-8-12-6-1-3-10-14(12)13/h12-14H,1-11H2,(H,16,17)/t12-,13+,14+/m0/s1. The number of fused-ring (bicyclic) bond motifs is 1. The van der Waals surface area contributed by atoms with Gasteiger partial charge in [-0.2, -0.15) is 0 Å². The zero-order chi connectivity index (χ0) is 12.1. The molecular formula is C15H26O2. The van der Waals surface area contributed by atoms with Crippen LogP contribution in [0.5, 0.6) is 0 Å². The Balaban J connectivity index is 1.73. The maximum Gasteiger partial charge on any atom is 0.303 e. The molecule has 3 atom stereocenters. The maximum absolute atomic E-state index is 10.5. The molecule has 0 bridgehead atoms. The van der Waals surface area contributed by atoms with Gasteiger partial charge in [-0.15, -0.1) is 0 Å². The Morgan fingerprint density at radius 1 is 1.00 bits per heavy atom. The first-order chi connectivity index (χ1) is 8.27. The predicted octanol–water partition coefficient (Wildman–Crippen LogP) is 4.24.